The summed E-state index contributed by atoms with van der Waals surface area (Å²) in [7, 11) is 3.28. The second-order valence-electron chi connectivity index (χ2n) is 5.93. The van der Waals surface area contributed by atoms with Gasteiger partial charge in [-0.2, -0.15) is 5.10 Å². The van der Waals surface area contributed by atoms with Crippen LogP contribution in [-0.4, -0.2) is 30.5 Å². The highest BCUT2D eigenvalue weighted by molar-refractivity contribution is 6.42. The molecular weight excluding hydrogens is 373 g/mol. The van der Waals surface area contributed by atoms with E-state index in [4.69, 9.17) is 37.8 Å². The number of methoxy groups -OCH3 is 2. The van der Waals surface area contributed by atoms with Crippen molar-refractivity contribution in [2.75, 3.05) is 26.1 Å². The Kier molecular flexibility index (Phi) is 4.42. The molecule has 1 aromatic heterocycles. The van der Waals surface area contributed by atoms with Crippen LogP contribution in [0, 0.1) is 0 Å². The maximum atomic E-state index is 6.19. The van der Waals surface area contributed by atoms with Crippen molar-refractivity contribution < 1.29 is 9.47 Å². The molecule has 0 bridgehead atoms. The molecule has 134 valence electrons. The minimum absolute atomic E-state index is 0.495. The van der Waals surface area contributed by atoms with Gasteiger partial charge in [0.1, 0.15) is 23.0 Å². The van der Waals surface area contributed by atoms with Gasteiger partial charge in [-0.15, -0.1) is 0 Å². The number of ether oxygens (including phenoxy) is 2. The van der Waals surface area contributed by atoms with Crippen LogP contribution in [0.25, 0.3) is 16.9 Å². The molecule has 2 aromatic carbocycles. The van der Waals surface area contributed by atoms with E-state index in [0.717, 1.165) is 52.8 Å². The highest BCUT2D eigenvalue weighted by atomic mass is 35.5. The van der Waals surface area contributed by atoms with Crippen LogP contribution in [0.2, 0.25) is 10.0 Å². The fourth-order valence-corrected chi connectivity index (χ4v) is 3.48. The monoisotopic (exact) mass is 389 g/mol. The minimum Gasteiger partial charge on any atom is -0.497 e. The Morgan fingerprint density at radius 1 is 1.04 bits per heavy atom. The zero-order chi connectivity index (χ0) is 18.3. The molecule has 4 rings (SSSR count). The normalized spacial score (nSPS) is 12.6. The van der Waals surface area contributed by atoms with Crippen LogP contribution in [0.5, 0.6) is 11.5 Å². The summed E-state index contributed by atoms with van der Waals surface area (Å²) in [5.41, 5.74) is 3.81. The topological polar surface area (TPSA) is 48.3 Å². The first-order valence-electron chi connectivity index (χ1n) is 8.16. The first kappa shape index (κ1) is 17.1. The Morgan fingerprint density at radius 2 is 1.88 bits per heavy atom. The average Bonchev–Trinajstić information content (AvgIpc) is 3.26. The van der Waals surface area contributed by atoms with Gasteiger partial charge in [0, 0.05) is 23.7 Å². The van der Waals surface area contributed by atoms with Crippen molar-refractivity contribution in [1.29, 1.82) is 0 Å². The molecule has 1 aliphatic heterocycles. The maximum Gasteiger partial charge on any atom is 0.133 e. The molecule has 0 fully saturated rings. The molecule has 5 nitrogen and oxygen atoms in total. The van der Waals surface area contributed by atoms with Crippen LogP contribution in [0.15, 0.2) is 36.4 Å². The number of nitrogens with one attached hydrogen (secondary N) is 1. The molecule has 1 aliphatic rings. The van der Waals surface area contributed by atoms with E-state index in [0.29, 0.717) is 10.0 Å². The van der Waals surface area contributed by atoms with Gasteiger partial charge in [0.2, 0.25) is 0 Å². The summed E-state index contributed by atoms with van der Waals surface area (Å²) in [5, 5.41) is 9.26. The van der Waals surface area contributed by atoms with E-state index >= 15 is 0 Å². The largest absolute Gasteiger partial charge is 0.497 e. The van der Waals surface area contributed by atoms with Gasteiger partial charge in [-0.05, 0) is 36.8 Å². The molecule has 0 atom stereocenters. The van der Waals surface area contributed by atoms with Crippen LogP contribution < -0.4 is 14.8 Å². The summed E-state index contributed by atoms with van der Waals surface area (Å²) in [6, 6.07) is 11.2. The third-order valence-corrected chi connectivity index (χ3v) is 5.20. The number of fused-ring (bicyclic) bond motifs is 1. The van der Waals surface area contributed by atoms with Crippen molar-refractivity contribution >= 4 is 29.0 Å². The molecule has 0 aliphatic carbocycles. The number of hydrogen-bond donors (Lipinski definition) is 1. The molecular formula is C19H17Cl2N3O2. The third kappa shape index (κ3) is 2.77. The number of hydrogen-bond acceptors (Lipinski definition) is 4. The van der Waals surface area contributed by atoms with Crippen LogP contribution in [0.3, 0.4) is 0 Å². The Morgan fingerprint density at radius 3 is 2.62 bits per heavy atom. The molecule has 0 saturated heterocycles. The molecule has 0 unspecified atom stereocenters. The number of nitrogens with zero attached hydrogens (tertiary/aromatic N) is 2. The van der Waals surface area contributed by atoms with Crippen molar-refractivity contribution in [3.63, 3.8) is 0 Å². The van der Waals surface area contributed by atoms with E-state index in [1.54, 1.807) is 20.3 Å². The summed E-state index contributed by atoms with van der Waals surface area (Å²) < 4.78 is 12.7. The van der Waals surface area contributed by atoms with E-state index in [2.05, 4.69) is 5.32 Å². The lowest BCUT2D eigenvalue weighted by Crippen LogP contribution is -2.04. The quantitative estimate of drug-likeness (QED) is 0.693. The van der Waals surface area contributed by atoms with Crippen molar-refractivity contribution in [3.8, 4) is 28.4 Å². The van der Waals surface area contributed by atoms with Crippen LogP contribution >= 0.6 is 23.2 Å². The van der Waals surface area contributed by atoms with Crippen LogP contribution in [0.4, 0.5) is 5.82 Å². The second kappa shape index (κ2) is 6.74. The smallest absolute Gasteiger partial charge is 0.133 e. The molecule has 0 saturated carbocycles. The molecule has 0 radical (unpaired) electrons. The molecule has 1 N–H and O–H groups in total. The van der Waals surface area contributed by atoms with Crippen LogP contribution in [-0.2, 0) is 6.42 Å². The van der Waals surface area contributed by atoms with Gasteiger partial charge in [0.05, 0.1) is 30.0 Å². The summed E-state index contributed by atoms with van der Waals surface area (Å²) in [6.45, 7) is 0.861. The fourth-order valence-electron chi connectivity index (χ4n) is 3.19. The van der Waals surface area contributed by atoms with E-state index in [9.17, 15) is 0 Å². The summed E-state index contributed by atoms with van der Waals surface area (Å²) >= 11 is 12.2. The van der Waals surface area contributed by atoms with Gasteiger partial charge in [0.15, 0.2) is 0 Å². The van der Waals surface area contributed by atoms with Gasteiger partial charge in [0.25, 0.3) is 0 Å². The molecule has 2 heterocycles. The molecule has 0 amide bonds. The Hall–Kier alpha value is -2.37. The summed E-state index contributed by atoms with van der Waals surface area (Å²) in [4.78, 5) is 0. The highest BCUT2D eigenvalue weighted by Gasteiger charge is 2.26. The van der Waals surface area contributed by atoms with E-state index < -0.39 is 0 Å². The van der Waals surface area contributed by atoms with Crippen molar-refractivity contribution in [1.82, 2.24) is 9.78 Å². The average molecular weight is 390 g/mol. The number of anilines is 1. The number of aromatic nitrogens is 2. The molecule has 3 aromatic rings. The standard InChI is InChI=1S/C19H17Cl2N3O2/c1-25-12-4-5-13(17(10-12)26-2)18-14-7-8-22-19(14)24(23-18)11-3-6-15(20)16(21)9-11/h3-6,9-10,22H,7-8H2,1-2H3. The highest BCUT2D eigenvalue weighted by Crippen LogP contribution is 2.40. The Bertz CT molecular complexity index is 985. The Balaban J connectivity index is 1.88. The van der Waals surface area contributed by atoms with Crippen LogP contribution in [0.1, 0.15) is 5.56 Å². The van der Waals surface area contributed by atoms with Crippen molar-refractivity contribution in [2.45, 2.75) is 6.42 Å². The number of rotatable bonds is 4. The SMILES string of the molecule is COc1ccc(-c2nn(-c3ccc(Cl)c(Cl)c3)c3c2CCN3)c(OC)c1. The van der Waals surface area contributed by atoms with Gasteiger partial charge in [-0.3, -0.25) is 0 Å². The van der Waals surface area contributed by atoms with Gasteiger partial charge < -0.3 is 14.8 Å². The fraction of sp³-hybridized carbons (Fsp3) is 0.211. The van der Waals surface area contributed by atoms with E-state index in [1.807, 2.05) is 35.0 Å². The lowest BCUT2D eigenvalue weighted by molar-refractivity contribution is 0.395. The number of halogens is 2. The van der Waals surface area contributed by atoms with Gasteiger partial charge >= 0.3 is 0 Å². The van der Waals surface area contributed by atoms with Crippen molar-refractivity contribution in [3.05, 3.63) is 52.0 Å². The zero-order valence-electron chi connectivity index (χ0n) is 14.3. The van der Waals surface area contributed by atoms with E-state index in [-0.39, 0.29) is 0 Å². The lowest BCUT2D eigenvalue weighted by Gasteiger charge is -2.10. The third-order valence-electron chi connectivity index (χ3n) is 4.46. The predicted octanol–water partition coefficient (Wildman–Crippen LogP) is 4.83. The molecule has 0 spiro atoms. The lowest BCUT2D eigenvalue weighted by atomic mass is 10.1. The van der Waals surface area contributed by atoms with Crippen molar-refractivity contribution in [2.24, 2.45) is 0 Å². The van der Waals surface area contributed by atoms with E-state index in [1.165, 1.54) is 0 Å². The Labute approximate surface area is 161 Å². The molecule has 7 heteroatoms. The molecule has 26 heavy (non-hydrogen) atoms. The predicted molar refractivity (Wildman–Crippen MR) is 104 cm³/mol. The van der Waals surface area contributed by atoms with Gasteiger partial charge in [-0.25, -0.2) is 4.68 Å². The summed E-state index contributed by atoms with van der Waals surface area (Å²) in [5.74, 6) is 2.43. The maximum absolute atomic E-state index is 6.19. The first-order chi connectivity index (χ1) is 12.6. The van der Waals surface area contributed by atoms with Gasteiger partial charge in [-0.1, -0.05) is 23.2 Å². The minimum atomic E-state index is 0.495. The zero-order valence-corrected chi connectivity index (χ0v) is 15.9. The first-order valence-corrected chi connectivity index (χ1v) is 8.91. The second-order valence-corrected chi connectivity index (χ2v) is 6.74. The number of benzene rings is 2. The summed E-state index contributed by atoms with van der Waals surface area (Å²) in [6.07, 6.45) is 0.890.